The highest BCUT2D eigenvalue weighted by atomic mass is 35.5. The fourth-order valence-corrected chi connectivity index (χ4v) is 5.13. The molecule has 1 aliphatic rings. The summed E-state index contributed by atoms with van der Waals surface area (Å²) in [4.78, 5) is 29.5. The lowest BCUT2D eigenvalue weighted by atomic mass is 10.1. The highest BCUT2D eigenvalue weighted by molar-refractivity contribution is 6.32. The van der Waals surface area contributed by atoms with Crippen LogP contribution in [0.25, 0.3) is 22.5 Å². The van der Waals surface area contributed by atoms with E-state index in [0.29, 0.717) is 40.1 Å². The molecule has 1 fully saturated rings. The quantitative estimate of drug-likeness (QED) is 0.280. The van der Waals surface area contributed by atoms with E-state index in [1.807, 2.05) is 36.4 Å². The average molecular weight is 530 g/mol. The highest BCUT2D eigenvalue weighted by Gasteiger charge is 2.17. The van der Waals surface area contributed by atoms with E-state index in [-0.39, 0.29) is 5.56 Å². The molecule has 5 aromatic rings. The lowest BCUT2D eigenvalue weighted by molar-refractivity contribution is 0.205. The molecular formula is C28H28ClN7O2. The number of hydrogen-bond acceptors (Lipinski definition) is 7. The predicted octanol–water partition coefficient (Wildman–Crippen LogP) is 5.08. The monoisotopic (exact) mass is 529 g/mol. The van der Waals surface area contributed by atoms with Crippen molar-refractivity contribution >= 4 is 40.0 Å². The van der Waals surface area contributed by atoms with Crippen LogP contribution in [0.2, 0.25) is 5.02 Å². The molecule has 0 bridgehead atoms. The van der Waals surface area contributed by atoms with Crippen molar-refractivity contribution in [3.8, 4) is 11.4 Å². The number of para-hydroxylation sites is 1. The number of piperidine rings is 1. The van der Waals surface area contributed by atoms with Crippen LogP contribution in [0.4, 0.5) is 11.6 Å². The van der Waals surface area contributed by atoms with Crippen LogP contribution in [0.15, 0.2) is 71.9 Å². The zero-order valence-electron chi connectivity index (χ0n) is 20.9. The Kier molecular flexibility index (Phi) is 6.94. The minimum atomic E-state index is -0.293. The highest BCUT2D eigenvalue weighted by Crippen LogP contribution is 2.24. The van der Waals surface area contributed by atoms with Gasteiger partial charge in [-0.1, -0.05) is 36.2 Å². The summed E-state index contributed by atoms with van der Waals surface area (Å²) < 4.78 is 9.24. The first-order valence-corrected chi connectivity index (χ1v) is 13.3. The predicted molar refractivity (Wildman–Crippen MR) is 149 cm³/mol. The van der Waals surface area contributed by atoms with Crippen molar-refractivity contribution in [2.75, 3.05) is 31.6 Å². The summed E-state index contributed by atoms with van der Waals surface area (Å²) in [6, 6.07) is 14.9. The molecule has 9 nitrogen and oxygen atoms in total. The first kappa shape index (κ1) is 24.4. The van der Waals surface area contributed by atoms with Gasteiger partial charge < -0.3 is 15.0 Å². The molecule has 0 radical (unpaired) electrons. The van der Waals surface area contributed by atoms with Crippen LogP contribution in [0.5, 0.6) is 5.75 Å². The second-order valence-corrected chi connectivity index (χ2v) is 9.78. The molecule has 0 unspecified atom stereocenters. The minimum absolute atomic E-state index is 0.293. The summed E-state index contributed by atoms with van der Waals surface area (Å²) in [7, 11) is 0. The number of fused-ring (bicyclic) bond motifs is 3. The Morgan fingerprint density at radius 1 is 1.03 bits per heavy atom. The normalized spacial score (nSPS) is 14.2. The number of aromatic nitrogens is 5. The van der Waals surface area contributed by atoms with Gasteiger partial charge in [-0.3, -0.25) is 9.20 Å². The van der Waals surface area contributed by atoms with Gasteiger partial charge in [0.05, 0.1) is 17.3 Å². The number of nitrogens with zero attached hydrogens (tertiary/aromatic N) is 6. The molecule has 0 saturated carbocycles. The van der Waals surface area contributed by atoms with E-state index in [2.05, 4.69) is 25.2 Å². The van der Waals surface area contributed by atoms with Gasteiger partial charge in [0.15, 0.2) is 5.65 Å². The molecule has 2 aromatic carbocycles. The Balaban J connectivity index is 1.22. The molecule has 10 heteroatoms. The average Bonchev–Trinajstić information content (AvgIpc) is 3.43. The van der Waals surface area contributed by atoms with Crippen molar-refractivity contribution in [2.24, 2.45) is 0 Å². The van der Waals surface area contributed by atoms with Gasteiger partial charge in [0.1, 0.15) is 11.1 Å². The van der Waals surface area contributed by atoms with E-state index < -0.39 is 0 Å². The standard InChI is InChI=1S/C28H28ClN7O2/c29-23-10-2-3-11-24(23)36-26(37)22-19-31-27(33-25(22)35-16-12-30-28(35)36)32-20-8-6-9-21(18-20)38-17-7-15-34-13-4-1-5-14-34/h2-3,6,8-12,16,18-19H,1,4-5,7,13-15,17H2,(H,31,32,33). The van der Waals surface area contributed by atoms with Gasteiger partial charge in [0.25, 0.3) is 5.56 Å². The van der Waals surface area contributed by atoms with E-state index in [1.54, 1.807) is 28.9 Å². The molecule has 0 amide bonds. The number of rotatable bonds is 8. The third-order valence-corrected chi connectivity index (χ3v) is 7.09. The van der Waals surface area contributed by atoms with E-state index >= 15 is 0 Å². The number of halogens is 1. The molecule has 0 atom stereocenters. The van der Waals surface area contributed by atoms with E-state index in [1.165, 1.54) is 43.1 Å². The Morgan fingerprint density at radius 2 is 1.89 bits per heavy atom. The van der Waals surface area contributed by atoms with Gasteiger partial charge in [-0.15, -0.1) is 0 Å². The zero-order valence-corrected chi connectivity index (χ0v) is 21.6. The molecule has 0 spiro atoms. The number of anilines is 2. The molecule has 1 aliphatic heterocycles. The number of imidazole rings is 1. The molecule has 4 heterocycles. The summed E-state index contributed by atoms with van der Waals surface area (Å²) in [5, 5.41) is 4.04. The number of likely N-dealkylation sites (tertiary alicyclic amines) is 1. The summed E-state index contributed by atoms with van der Waals surface area (Å²) >= 11 is 6.40. The summed E-state index contributed by atoms with van der Waals surface area (Å²) in [6.45, 7) is 4.14. The topological polar surface area (TPSA) is 89.6 Å². The molecule has 0 aliphatic carbocycles. The number of ether oxygens (including phenoxy) is 1. The molecule has 1 saturated heterocycles. The Morgan fingerprint density at radius 3 is 2.76 bits per heavy atom. The van der Waals surface area contributed by atoms with Crippen LogP contribution in [0, 0.1) is 0 Å². The van der Waals surface area contributed by atoms with Crippen LogP contribution in [0.3, 0.4) is 0 Å². The molecule has 1 N–H and O–H groups in total. The maximum Gasteiger partial charge on any atom is 0.270 e. The van der Waals surface area contributed by atoms with E-state index in [4.69, 9.17) is 16.3 Å². The molecular weight excluding hydrogens is 502 g/mol. The van der Waals surface area contributed by atoms with Gasteiger partial charge in [0, 0.05) is 36.9 Å². The van der Waals surface area contributed by atoms with Gasteiger partial charge in [-0.25, -0.2) is 14.5 Å². The summed E-state index contributed by atoms with van der Waals surface area (Å²) in [5.74, 6) is 1.57. The second-order valence-electron chi connectivity index (χ2n) is 9.38. The second kappa shape index (κ2) is 10.8. The SMILES string of the molecule is O=c1c2cnc(Nc3cccc(OCCCN4CCCCC4)c3)nc2n2ccnc2n1-c1ccccc1Cl. The first-order chi connectivity index (χ1) is 18.7. The number of hydrogen-bond donors (Lipinski definition) is 1. The van der Waals surface area contributed by atoms with Crippen molar-refractivity contribution < 1.29 is 4.74 Å². The number of benzene rings is 2. The summed E-state index contributed by atoms with van der Waals surface area (Å²) in [5.41, 5.74) is 1.50. The van der Waals surface area contributed by atoms with E-state index in [0.717, 1.165) is 24.4 Å². The fourth-order valence-electron chi connectivity index (χ4n) is 4.91. The van der Waals surface area contributed by atoms with Crippen LogP contribution in [0.1, 0.15) is 25.7 Å². The van der Waals surface area contributed by atoms with Gasteiger partial charge in [0.2, 0.25) is 11.7 Å². The largest absolute Gasteiger partial charge is 0.493 e. The van der Waals surface area contributed by atoms with Gasteiger partial charge in [-0.2, -0.15) is 4.98 Å². The molecule has 194 valence electrons. The zero-order chi connectivity index (χ0) is 25.9. The third kappa shape index (κ3) is 4.94. The Bertz CT molecular complexity index is 1640. The molecule has 38 heavy (non-hydrogen) atoms. The summed E-state index contributed by atoms with van der Waals surface area (Å²) in [6.07, 6.45) is 9.87. The maximum absolute atomic E-state index is 13.5. The minimum Gasteiger partial charge on any atom is -0.493 e. The van der Waals surface area contributed by atoms with Gasteiger partial charge in [-0.05, 0) is 56.6 Å². The molecule has 3 aromatic heterocycles. The van der Waals surface area contributed by atoms with Crippen molar-refractivity contribution in [3.63, 3.8) is 0 Å². The lowest BCUT2D eigenvalue weighted by Crippen LogP contribution is -2.31. The van der Waals surface area contributed by atoms with Crippen LogP contribution in [-0.4, -0.2) is 55.1 Å². The van der Waals surface area contributed by atoms with Crippen LogP contribution >= 0.6 is 11.6 Å². The van der Waals surface area contributed by atoms with Crippen molar-refractivity contribution in [3.05, 3.63) is 82.5 Å². The van der Waals surface area contributed by atoms with Crippen molar-refractivity contribution in [1.29, 1.82) is 0 Å². The third-order valence-electron chi connectivity index (χ3n) is 6.77. The van der Waals surface area contributed by atoms with Crippen LogP contribution < -0.4 is 15.6 Å². The van der Waals surface area contributed by atoms with Gasteiger partial charge >= 0.3 is 0 Å². The number of nitrogens with one attached hydrogen (secondary N) is 1. The first-order valence-electron chi connectivity index (χ1n) is 12.9. The smallest absolute Gasteiger partial charge is 0.270 e. The van der Waals surface area contributed by atoms with Crippen molar-refractivity contribution in [2.45, 2.75) is 25.7 Å². The fraction of sp³-hybridized carbons (Fsp3) is 0.286. The van der Waals surface area contributed by atoms with E-state index in [9.17, 15) is 4.79 Å². The Labute approximate surface area is 224 Å². The van der Waals surface area contributed by atoms with Crippen molar-refractivity contribution in [1.82, 2.24) is 28.8 Å². The maximum atomic E-state index is 13.5. The molecule has 6 rings (SSSR count). The lowest BCUT2D eigenvalue weighted by Gasteiger charge is -2.26. The Hall–Kier alpha value is -3.95. The van der Waals surface area contributed by atoms with Crippen LogP contribution in [-0.2, 0) is 0 Å².